The third-order valence-corrected chi connectivity index (χ3v) is 5.09. The Morgan fingerprint density at radius 1 is 1.07 bits per heavy atom. The number of aryl methyl sites for hydroxylation is 1. The summed E-state index contributed by atoms with van der Waals surface area (Å²) in [6, 6.07) is 11.4. The third kappa shape index (κ3) is 4.05. The molecule has 0 spiro atoms. The Balaban J connectivity index is 2.41. The second-order valence-corrected chi connectivity index (χ2v) is 7.88. The molecule has 0 aliphatic rings. The Morgan fingerprint density at radius 3 is 2.23 bits per heavy atom. The quantitative estimate of drug-likeness (QED) is 0.516. The number of rotatable bonds is 6. The van der Waals surface area contributed by atoms with Crippen molar-refractivity contribution < 1.29 is 18.3 Å². The molecule has 1 atom stereocenters. The molecule has 0 aliphatic heterocycles. The van der Waals surface area contributed by atoms with Crippen LogP contribution in [0.1, 0.15) is 43.7 Å². The van der Waals surface area contributed by atoms with Gasteiger partial charge in [0.25, 0.3) is 11.5 Å². The van der Waals surface area contributed by atoms with Gasteiger partial charge in [-0.05, 0) is 37.8 Å². The largest absolute Gasteiger partial charge is 0.362 e. The van der Waals surface area contributed by atoms with Crippen LogP contribution in [0.3, 0.4) is 0 Å². The average Bonchev–Trinajstić information content (AvgIpc) is 2.68. The van der Waals surface area contributed by atoms with Gasteiger partial charge in [0.1, 0.15) is 0 Å². The molecule has 3 aromatic rings. The number of nitrogens with zero attached hydrogens (tertiary/aromatic N) is 1. The van der Waals surface area contributed by atoms with Crippen LogP contribution < -0.4 is 5.56 Å². The highest BCUT2D eigenvalue weighted by Gasteiger charge is 2.27. The van der Waals surface area contributed by atoms with Crippen molar-refractivity contribution in [2.75, 3.05) is 0 Å². The first kappa shape index (κ1) is 21.8. The summed E-state index contributed by atoms with van der Waals surface area (Å²) in [4.78, 5) is 25.0. The van der Waals surface area contributed by atoms with Crippen LogP contribution in [0.25, 0.3) is 21.9 Å². The first-order valence-corrected chi connectivity index (χ1v) is 9.77. The number of alkyl halides is 2. The highest BCUT2D eigenvalue weighted by molar-refractivity contribution is 5.98. The van der Waals surface area contributed by atoms with Crippen LogP contribution in [-0.2, 0) is 22.5 Å². The molecule has 0 bridgehead atoms. The SMILES string of the molecule is Cc1ccc2c(=O)n(C)c(C(C=O)OC(C)C)c(-c3ccc(C(C)(F)F)cc3)c2c1. The monoisotopic (exact) mass is 413 g/mol. The van der Waals surface area contributed by atoms with E-state index in [0.29, 0.717) is 33.9 Å². The van der Waals surface area contributed by atoms with Gasteiger partial charge < -0.3 is 14.1 Å². The van der Waals surface area contributed by atoms with Gasteiger partial charge in [-0.15, -0.1) is 0 Å². The van der Waals surface area contributed by atoms with E-state index in [2.05, 4.69) is 0 Å². The molecule has 30 heavy (non-hydrogen) atoms. The number of hydrogen-bond donors (Lipinski definition) is 0. The zero-order valence-corrected chi connectivity index (χ0v) is 17.7. The number of fused-ring (bicyclic) bond motifs is 1. The van der Waals surface area contributed by atoms with Gasteiger partial charge in [0.15, 0.2) is 12.4 Å². The molecule has 0 N–H and O–H groups in total. The Bertz CT molecular complexity index is 1140. The molecule has 1 heterocycles. The maximum atomic E-state index is 13.7. The summed E-state index contributed by atoms with van der Waals surface area (Å²) in [7, 11) is 1.59. The van der Waals surface area contributed by atoms with Gasteiger partial charge in [0, 0.05) is 30.5 Å². The minimum atomic E-state index is -2.96. The number of hydrogen-bond acceptors (Lipinski definition) is 3. The van der Waals surface area contributed by atoms with Crippen LogP contribution in [0, 0.1) is 6.92 Å². The van der Waals surface area contributed by atoms with E-state index in [-0.39, 0.29) is 17.2 Å². The molecule has 2 aromatic carbocycles. The van der Waals surface area contributed by atoms with E-state index in [1.54, 1.807) is 39.1 Å². The molecule has 6 heteroatoms. The van der Waals surface area contributed by atoms with E-state index in [4.69, 9.17) is 4.74 Å². The lowest BCUT2D eigenvalue weighted by Crippen LogP contribution is -2.26. The molecule has 0 radical (unpaired) electrons. The van der Waals surface area contributed by atoms with Crippen molar-refractivity contribution in [2.45, 2.75) is 45.8 Å². The van der Waals surface area contributed by atoms with Crippen molar-refractivity contribution in [3.63, 3.8) is 0 Å². The molecular weight excluding hydrogens is 388 g/mol. The minimum absolute atomic E-state index is 0.108. The summed E-state index contributed by atoms with van der Waals surface area (Å²) >= 11 is 0. The number of carbonyl (C=O) groups is 1. The van der Waals surface area contributed by atoms with Gasteiger partial charge in [-0.1, -0.05) is 42.0 Å². The Kier molecular flexibility index (Phi) is 5.90. The van der Waals surface area contributed by atoms with E-state index in [1.807, 2.05) is 19.1 Å². The lowest BCUT2D eigenvalue weighted by Gasteiger charge is -2.23. The molecule has 1 unspecified atom stereocenters. The van der Waals surface area contributed by atoms with Crippen molar-refractivity contribution in [2.24, 2.45) is 7.05 Å². The Morgan fingerprint density at radius 2 is 1.70 bits per heavy atom. The fourth-order valence-corrected chi connectivity index (χ4v) is 3.67. The molecule has 1 aromatic heterocycles. The standard InChI is InChI=1S/C24H25F2NO3/c1-14(2)30-20(13-28)22-21(16-7-9-17(10-8-16)24(4,25)26)19-12-15(3)6-11-18(19)23(29)27(22)5/h6-14,20H,1-5H3. The van der Waals surface area contributed by atoms with Crippen LogP contribution >= 0.6 is 0 Å². The van der Waals surface area contributed by atoms with Gasteiger partial charge in [-0.2, -0.15) is 0 Å². The molecule has 158 valence electrons. The fraction of sp³-hybridized carbons (Fsp3) is 0.333. The number of aldehydes is 1. The van der Waals surface area contributed by atoms with E-state index >= 15 is 0 Å². The van der Waals surface area contributed by atoms with E-state index < -0.39 is 12.0 Å². The lowest BCUT2D eigenvalue weighted by atomic mass is 9.92. The summed E-state index contributed by atoms with van der Waals surface area (Å²) < 4.78 is 34.6. The summed E-state index contributed by atoms with van der Waals surface area (Å²) in [5.41, 5.74) is 2.23. The second-order valence-electron chi connectivity index (χ2n) is 7.88. The number of benzene rings is 2. The van der Waals surface area contributed by atoms with Crippen LogP contribution in [-0.4, -0.2) is 17.0 Å². The smallest absolute Gasteiger partial charge is 0.270 e. The van der Waals surface area contributed by atoms with Crippen LogP contribution in [0.4, 0.5) is 8.78 Å². The van der Waals surface area contributed by atoms with Crippen LogP contribution in [0.2, 0.25) is 0 Å². The Labute approximate surface area is 174 Å². The number of aromatic nitrogens is 1. The van der Waals surface area contributed by atoms with Crippen molar-refractivity contribution >= 4 is 17.1 Å². The van der Waals surface area contributed by atoms with Gasteiger partial charge in [-0.25, -0.2) is 8.78 Å². The first-order valence-electron chi connectivity index (χ1n) is 9.77. The first-order chi connectivity index (χ1) is 14.0. The fourth-order valence-electron chi connectivity index (χ4n) is 3.67. The van der Waals surface area contributed by atoms with Crippen molar-refractivity contribution in [1.29, 1.82) is 0 Å². The summed E-state index contributed by atoms with van der Waals surface area (Å²) in [5, 5.41) is 1.14. The van der Waals surface area contributed by atoms with Gasteiger partial charge >= 0.3 is 0 Å². The lowest BCUT2D eigenvalue weighted by molar-refractivity contribution is -0.121. The molecule has 0 amide bonds. The highest BCUT2D eigenvalue weighted by atomic mass is 19.3. The predicted molar refractivity (Wildman–Crippen MR) is 114 cm³/mol. The van der Waals surface area contributed by atoms with E-state index in [9.17, 15) is 18.4 Å². The average molecular weight is 413 g/mol. The maximum Gasteiger partial charge on any atom is 0.270 e. The molecular formula is C24H25F2NO3. The number of carbonyl (C=O) groups excluding carboxylic acids is 1. The molecule has 0 saturated heterocycles. The highest BCUT2D eigenvalue weighted by Crippen LogP contribution is 2.36. The van der Waals surface area contributed by atoms with Crippen molar-refractivity contribution in [3.8, 4) is 11.1 Å². The molecule has 0 saturated carbocycles. The second kappa shape index (κ2) is 8.11. The zero-order chi connectivity index (χ0) is 22.2. The van der Waals surface area contributed by atoms with Gasteiger partial charge in [0.05, 0.1) is 11.8 Å². The molecule has 0 aliphatic carbocycles. The minimum Gasteiger partial charge on any atom is -0.362 e. The maximum absolute atomic E-state index is 13.7. The number of halogens is 2. The van der Waals surface area contributed by atoms with E-state index in [1.165, 1.54) is 16.7 Å². The zero-order valence-electron chi connectivity index (χ0n) is 17.7. The molecule has 3 rings (SSSR count). The van der Waals surface area contributed by atoms with Crippen molar-refractivity contribution in [1.82, 2.24) is 4.57 Å². The number of ether oxygens (including phenoxy) is 1. The van der Waals surface area contributed by atoms with Gasteiger partial charge in [0.2, 0.25) is 0 Å². The summed E-state index contributed by atoms with van der Waals surface area (Å²) in [5.74, 6) is -2.96. The Hall–Kier alpha value is -2.86. The normalized spacial score (nSPS) is 13.1. The topological polar surface area (TPSA) is 48.3 Å². The molecule has 4 nitrogen and oxygen atoms in total. The molecule has 0 fully saturated rings. The van der Waals surface area contributed by atoms with Crippen LogP contribution in [0.5, 0.6) is 0 Å². The summed E-state index contributed by atoms with van der Waals surface area (Å²) in [6.07, 6.45) is -0.568. The third-order valence-electron chi connectivity index (χ3n) is 5.09. The summed E-state index contributed by atoms with van der Waals surface area (Å²) in [6.45, 7) is 6.36. The van der Waals surface area contributed by atoms with Crippen LogP contribution in [0.15, 0.2) is 47.3 Å². The predicted octanol–water partition coefficient (Wildman–Crippen LogP) is 5.29. The van der Waals surface area contributed by atoms with E-state index in [0.717, 1.165) is 12.5 Å². The van der Waals surface area contributed by atoms with Gasteiger partial charge in [-0.3, -0.25) is 4.79 Å². The van der Waals surface area contributed by atoms with Crippen molar-refractivity contribution in [3.05, 3.63) is 69.6 Å². The number of pyridine rings is 1.